The SMILES string of the molecule is c1cc2c3c(cc4ccc(B(N5CCCC5)N5CCCC5)cc4c3c1)-c1ccc(B(N3CCCC3)N3CCCC3)cc1S2. The van der Waals surface area contributed by atoms with E-state index in [2.05, 4.69) is 79.9 Å². The molecule has 218 valence electrons. The quantitative estimate of drug-likeness (QED) is 0.182. The van der Waals surface area contributed by atoms with Gasteiger partial charge in [0.15, 0.2) is 0 Å². The first kappa shape index (κ1) is 27.1. The Morgan fingerprint density at radius 1 is 0.465 bits per heavy atom. The van der Waals surface area contributed by atoms with Crippen molar-refractivity contribution in [3.05, 3.63) is 60.7 Å². The molecular formula is C36H42B2N4S. The Morgan fingerprint density at radius 2 is 1.00 bits per heavy atom. The van der Waals surface area contributed by atoms with Crippen LogP contribution in [0.15, 0.2) is 70.5 Å². The van der Waals surface area contributed by atoms with Gasteiger partial charge in [0.2, 0.25) is 0 Å². The molecule has 4 saturated heterocycles. The van der Waals surface area contributed by atoms with Crippen LogP contribution in [0.1, 0.15) is 51.4 Å². The van der Waals surface area contributed by atoms with Crippen molar-refractivity contribution in [2.24, 2.45) is 0 Å². The van der Waals surface area contributed by atoms with Crippen LogP contribution in [-0.4, -0.2) is 85.6 Å². The highest BCUT2D eigenvalue weighted by Crippen LogP contribution is 2.49. The van der Waals surface area contributed by atoms with Crippen molar-refractivity contribution in [2.75, 3.05) is 52.4 Å². The summed E-state index contributed by atoms with van der Waals surface area (Å²) in [4.78, 5) is 13.8. The van der Waals surface area contributed by atoms with E-state index in [1.807, 2.05) is 11.8 Å². The van der Waals surface area contributed by atoms with Crippen molar-refractivity contribution in [3.8, 4) is 11.1 Å². The Morgan fingerprint density at radius 3 is 1.58 bits per heavy atom. The smallest absolute Gasteiger partial charge is 0.324 e. The molecular weight excluding hydrogens is 542 g/mol. The molecule has 0 N–H and O–H groups in total. The van der Waals surface area contributed by atoms with Crippen molar-refractivity contribution in [2.45, 2.75) is 61.2 Å². The largest absolute Gasteiger partial charge is 0.346 e. The van der Waals surface area contributed by atoms with Gasteiger partial charge in [-0.1, -0.05) is 60.3 Å². The summed E-state index contributed by atoms with van der Waals surface area (Å²) in [6, 6.07) is 24.4. The first-order valence-electron chi connectivity index (χ1n) is 17.1. The standard InChI is InChI=1S/C36H42B2N4S/c1-2-17-39(16-1)37(40-18-3-4-19-40)28-13-12-27-24-33-30-15-14-29(38(41-20-5-6-21-41)42-22-7-8-23-42)26-35(30)43-34-11-9-10-31(36(33)34)32(27)25-28/h9-15,24-26H,1-8,16-23H2. The lowest BCUT2D eigenvalue weighted by molar-refractivity contribution is 0.436. The van der Waals surface area contributed by atoms with Crippen molar-refractivity contribution >= 4 is 58.2 Å². The maximum atomic E-state index is 2.75. The average Bonchev–Trinajstić information content (AvgIpc) is 3.87. The van der Waals surface area contributed by atoms with E-state index in [9.17, 15) is 0 Å². The third-order valence-electron chi connectivity index (χ3n) is 11.0. The second-order valence-corrected chi connectivity index (χ2v) is 14.7. The van der Waals surface area contributed by atoms with E-state index in [0.717, 1.165) is 0 Å². The van der Waals surface area contributed by atoms with Crippen LogP contribution in [0, 0.1) is 0 Å². The second-order valence-electron chi connectivity index (χ2n) is 13.7. The van der Waals surface area contributed by atoms with Gasteiger partial charge in [-0.05, 0) is 154 Å². The van der Waals surface area contributed by atoms with E-state index in [1.165, 1.54) is 157 Å². The van der Waals surface area contributed by atoms with Gasteiger partial charge in [-0.3, -0.25) is 0 Å². The Labute approximate surface area is 262 Å². The monoisotopic (exact) mass is 584 g/mol. The minimum Gasteiger partial charge on any atom is -0.324 e. The van der Waals surface area contributed by atoms with E-state index in [1.54, 1.807) is 0 Å². The first-order chi connectivity index (χ1) is 21.3. The third-order valence-corrected chi connectivity index (χ3v) is 12.1. The molecule has 0 spiro atoms. The lowest BCUT2D eigenvalue weighted by Crippen LogP contribution is -2.58. The van der Waals surface area contributed by atoms with E-state index in [0.29, 0.717) is 14.0 Å². The number of hydrogen-bond donors (Lipinski definition) is 0. The summed E-state index contributed by atoms with van der Waals surface area (Å²) in [5.41, 5.74) is 5.81. The lowest BCUT2D eigenvalue weighted by Gasteiger charge is -2.33. The minimum atomic E-state index is 0.424. The van der Waals surface area contributed by atoms with Crippen LogP contribution >= 0.6 is 11.8 Å². The molecule has 0 aromatic heterocycles. The topological polar surface area (TPSA) is 13.0 Å². The van der Waals surface area contributed by atoms with Gasteiger partial charge in [0.05, 0.1) is 0 Å². The lowest BCUT2D eigenvalue weighted by atomic mass is 9.63. The van der Waals surface area contributed by atoms with Crippen LogP contribution in [0.5, 0.6) is 0 Å². The molecule has 5 aliphatic rings. The highest BCUT2D eigenvalue weighted by atomic mass is 32.2. The van der Waals surface area contributed by atoms with Crippen LogP contribution in [0.4, 0.5) is 0 Å². The Kier molecular flexibility index (Phi) is 7.09. The number of nitrogens with zero attached hydrogens (tertiary/aromatic N) is 4. The summed E-state index contributed by atoms with van der Waals surface area (Å²) in [7, 11) is 0. The molecule has 4 fully saturated rings. The summed E-state index contributed by atoms with van der Waals surface area (Å²) < 4.78 is 0. The predicted molar refractivity (Wildman–Crippen MR) is 185 cm³/mol. The normalized spacial score (nSPS) is 21.4. The molecule has 0 atom stereocenters. The third kappa shape index (κ3) is 4.69. The van der Waals surface area contributed by atoms with E-state index < -0.39 is 0 Å². The molecule has 0 saturated carbocycles. The first-order valence-corrected chi connectivity index (χ1v) is 17.9. The maximum Gasteiger partial charge on any atom is 0.346 e. The molecule has 5 heterocycles. The molecule has 9 rings (SSSR count). The molecule has 4 aromatic carbocycles. The molecule has 5 aliphatic heterocycles. The number of benzene rings is 4. The fraction of sp³-hybridized carbons (Fsp3) is 0.444. The highest BCUT2D eigenvalue weighted by Gasteiger charge is 2.37. The van der Waals surface area contributed by atoms with Crippen LogP contribution in [-0.2, 0) is 0 Å². The molecule has 43 heavy (non-hydrogen) atoms. The molecule has 4 aromatic rings. The Hall–Kier alpha value is -2.28. The van der Waals surface area contributed by atoms with Crippen molar-refractivity contribution in [1.82, 2.24) is 19.2 Å². The predicted octanol–water partition coefficient (Wildman–Crippen LogP) is 5.90. The Balaban J connectivity index is 1.14. The zero-order chi connectivity index (χ0) is 28.3. The fourth-order valence-corrected chi connectivity index (χ4v) is 10.2. The summed E-state index contributed by atoms with van der Waals surface area (Å²) in [6.45, 7) is 10.7. The summed E-state index contributed by atoms with van der Waals surface area (Å²) in [5, 5.41) is 5.67. The zero-order valence-corrected chi connectivity index (χ0v) is 26.3. The molecule has 0 unspecified atom stereocenters. The number of fused-ring (bicyclic) bond motifs is 4. The fourth-order valence-electron chi connectivity index (χ4n) is 9.03. The van der Waals surface area contributed by atoms with Crippen LogP contribution in [0.25, 0.3) is 32.7 Å². The molecule has 0 bridgehead atoms. The van der Waals surface area contributed by atoms with Gasteiger partial charge >= 0.3 is 14.0 Å². The number of hydrogen-bond acceptors (Lipinski definition) is 5. The van der Waals surface area contributed by atoms with Crippen molar-refractivity contribution < 1.29 is 0 Å². The minimum absolute atomic E-state index is 0.424. The van der Waals surface area contributed by atoms with Gasteiger partial charge in [-0.15, -0.1) is 0 Å². The van der Waals surface area contributed by atoms with Gasteiger partial charge in [0.25, 0.3) is 0 Å². The molecule has 4 nitrogen and oxygen atoms in total. The van der Waals surface area contributed by atoms with Gasteiger partial charge in [0, 0.05) is 15.2 Å². The van der Waals surface area contributed by atoms with E-state index >= 15 is 0 Å². The van der Waals surface area contributed by atoms with E-state index in [4.69, 9.17) is 0 Å². The highest BCUT2D eigenvalue weighted by molar-refractivity contribution is 7.99. The summed E-state index contributed by atoms with van der Waals surface area (Å²) in [5.74, 6) is 0. The molecule has 7 heteroatoms. The second kappa shape index (κ2) is 11.3. The summed E-state index contributed by atoms with van der Waals surface area (Å²) >= 11 is 2.00. The summed E-state index contributed by atoms with van der Waals surface area (Å²) in [6.07, 6.45) is 10.7. The van der Waals surface area contributed by atoms with Crippen molar-refractivity contribution in [1.29, 1.82) is 0 Å². The number of rotatable bonds is 6. The van der Waals surface area contributed by atoms with Crippen molar-refractivity contribution in [3.63, 3.8) is 0 Å². The van der Waals surface area contributed by atoms with Gasteiger partial charge in [-0.25, -0.2) is 0 Å². The van der Waals surface area contributed by atoms with Crippen LogP contribution in [0.3, 0.4) is 0 Å². The van der Waals surface area contributed by atoms with Crippen LogP contribution in [0.2, 0.25) is 0 Å². The maximum absolute atomic E-state index is 2.75. The van der Waals surface area contributed by atoms with Gasteiger partial charge in [-0.2, -0.15) is 0 Å². The van der Waals surface area contributed by atoms with Crippen LogP contribution < -0.4 is 10.9 Å². The van der Waals surface area contributed by atoms with Gasteiger partial charge < -0.3 is 19.2 Å². The van der Waals surface area contributed by atoms with Gasteiger partial charge in [0.1, 0.15) is 0 Å². The zero-order valence-electron chi connectivity index (χ0n) is 25.4. The molecule has 0 aliphatic carbocycles. The molecule has 0 radical (unpaired) electrons. The molecule has 0 amide bonds. The average molecular weight is 584 g/mol. The Bertz CT molecular complexity index is 1640. The van der Waals surface area contributed by atoms with E-state index in [-0.39, 0.29) is 0 Å².